The average molecular weight is 476 g/mol. The maximum absolute atomic E-state index is 12.9. The van der Waals surface area contributed by atoms with Crippen molar-refractivity contribution >= 4 is 29.5 Å². The largest absolute Gasteiger partial charge is 0.493 e. The van der Waals surface area contributed by atoms with Gasteiger partial charge in [0.15, 0.2) is 11.5 Å². The molecule has 180 valence electrons. The highest BCUT2D eigenvalue weighted by Gasteiger charge is 2.19. The second-order valence-corrected chi connectivity index (χ2v) is 7.10. The summed E-state index contributed by atoms with van der Waals surface area (Å²) in [6.45, 7) is 0. The topological polar surface area (TPSA) is 115 Å². The first-order valence-corrected chi connectivity index (χ1v) is 10.5. The van der Waals surface area contributed by atoms with Crippen molar-refractivity contribution in [3.8, 4) is 17.2 Å². The summed E-state index contributed by atoms with van der Waals surface area (Å²) in [4.78, 5) is 37.7. The lowest BCUT2D eigenvalue weighted by Crippen LogP contribution is -2.41. The van der Waals surface area contributed by atoms with E-state index in [9.17, 15) is 14.4 Å². The molecule has 3 aromatic rings. The van der Waals surface area contributed by atoms with Crippen LogP contribution in [0.5, 0.6) is 17.2 Å². The lowest BCUT2D eigenvalue weighted by molar-refractivity contribution is -0.117. The molecule has 0 fully saturated rings. The van der Waals surface area contributed by atoms with E-state index in [1.54, 1.807) is 24.3 Å². The Morgan fingerprint density at radius 1 is 0.743 bits per heavy atom. The molecule has 3 N–H and O–H groups in total. The molecule has 3 amide bonds. The van der Waals surface area contributed by atoms with Crippen LogP contribution >= 0.6 is 0 Å². The Balaban J connectivity index is 1.71. The molecule has 9 nitrogen and oxygen atoms in total. The fourth-order valence-electron chi connectivity index (χ4n) is 3.16. The molecule has 0 unspecified atom stereocenters. The number of hydrogen-bond donors (Lipinski definition) is 3. The molecule has 0 radical (unpaired) electrons. The predicted molar refractivity (Wildman–Crippen MR) is 132 cm³/mol. The lowest BCUT2D eigenvalue weighted by atomic mass is 10.1. The van der Waals surface area contributed by atoms with Gasteiger partial charge in [0, 0.05) is 11.6 Å². The van der Waals surface area contributed by atoms with Crippen LogP contribution in [-0.4, -0.2) is 39.1 Å². The third-order valence-electron chi connectivity index (χ3n) is 4.87. The number of carbonyl (C=O) groups excluding carboxylic acids is 3. The number of amides is 3. The van der Waals surface area contributed by atoms with Gasteiger partial charge in [-0.2, -0.15) is 0 Å². The number of methoxy groups -OCH3 is 3. The van der Waals surface area contributed by atoms with Crippen molar-refractivity contribution in [1.29, 1.82) is 0 Å². The zero-order valence-corrected chi connectivity index (χ0v) is 19.5. The minimum absolute atomic E-state index is 0.153. The van der Waals surface area contributed by atoms with Crippen LogP contribution in [0.15, 0.2) is 72.8 Å². The van der Waals surface area contributed by atoms with Gasteiger partial charge in [-0.3, -0.25) is 25.2 Å². The first-order valence-electron chi connectivity index (χ1n) is 10.5. The van der Waals surface area contributed by atoms with E-state index < -0.39 is 17.7 Å². The number of anilines is 1. The smallest absolute Gasteiger partial charge is 0.271 e. The zero-order valence-electron chi connectivity index (χ0n) is 19.5. The highest BCUT2D eigenvalue weighted by molar-refractivity contribution is 6.09. The molecule has 0 aliphatic carbocycles. The first kappa shape index (κ1) is 24.8. The van der Waals surface area contributed by atoms with Crippen LogP contribution < -0.4 is 30.4 Å². The third kappa shape index (κ3) is 6.38. The molecule has 0 heterocycles. The number of hydrazine groups is 1. The summed E-state index contributed by atoms with van der Waals surface area (Å²) in [5.74, 6) is -0.639. The molecule has 0 saturated heterocycles. The summed E-state index contributed by atoms with van der Waals surface area (Å²) in [5, 5.41) is 2.70. The number of rotatable bonds is 8. The SMILES string of the molecule is COc1cc(C(=O)Nc2ccccc2C(=O)NNC(=O)/C=C/c2ccccc2)cc(OC)c1OC. The number of carbonyl (C=O) groups is 3. The molecule has 3 aromatic carbocycles. The van der Waals surface area contributed by atoms with E-state index >= 15 is 0 Å². The van der Waals surface area contributed by atoms with E-state index in [-0.39, 0.29) is 16.8 Å². The Kier molecular flexibility index (Phi) is 8.44. The van der Waals surface area contributed by atoms with Crippen LogP contribution in [0.25, 0.3) is 6.08 Å². The highest BCUT2D eigenvalue weighted by Crippen LogP contribution is 2.38. The van der Waals surface area contributed by atoms with Crippen LogP contribution in [0.1, 0.15) is 26.3 Å². The fraction of sp³-hybridized carbons (Fsp3) is 0.115. The van der Waals surface area contributed by atoms with Gasteiger partial charge in [0.1, 0.15) is 0 Å². The van der Waals surface area contributed by atoms with E-state index in [0.29, 0.717) is 17.2 Å². The molecule has 0 saturated carbocycles. The summed E-state index contributed by atoms with van der Waals surface area (Å²) in [6, 6.07) is 18.7. The van der Waals surface area contributed by atoms with E-state index in [2.05, 4.69) is 16.2 Å². The molecule has 0 bridgehead atoms. The molecular weight excluding hydrogens is 450 g/mol. The van der Waals surface area contributed by atoms with Crippen molar-refractivity contribution in [1.82, 2.24) is 10.9 Å². The summed E-state index contributed by atoms with van der Waals surface area (Å²) in [6.07, 6.45) is 2.92. The van der Waals surface area contributed by atoms with Crippen molar-refractivity contribution in [2.24, 2.45) is 0 Å². The Bertz CT molecular complexity index is 1220. The normalized spacial score (nSPS) is 10.4. The van der Waals surface area contributed by atoms with Crippen LogP contribution in [0.4, 0.5) is 5.69 Å². The summed E-state index contributed by atoms with van der Waals surface area (Å²) in [7, 11) is 4.36. The van der Waals surface area contributed by atoms with Gasteiger partial charge in [0.2, 0.25) is 5.75 Å². The number of nitrogens with one attached hydrogen (secondary N) is 3. The first-order chi connectivity index (χ1) is 17.0. The van der Waals surface area contributed by atoms with Gasteiger partial charge in [-0.1, -0.05) is 42.5 Å². The van der Waals surface area contributed by atoms with Crippen molar-refractivity contribution in [3.05, 3.63) is 89.5 Å². The van der Waals surface area contributed by atoms with Crippen molar-refractivity contribution in [2.75, 3.05) is 26.6 Å². The van der Waals surface area contributed by atoms with E-state index in [1.165, 1.54) is 45.6 Å². The second-order valence-electron chi connectivity index (χ2n) is 7.10. The lowest BCUT2D eigenvalue weighted by Gasteiger charge is -2.15. The van der Waals surface area contributed by atoms with Gasteiger partial charge in [-0.25, -0.2) is 0 Å². The molecule has 0 atom stereocenters. The number of benzene rings is 3. The Morgan fingerprint density at radius 3 is 2.00 bits per heavy atom. The Labute approximate surface area is 202 Å². The van der Waals surface area contributed by atoms with Crippen LogP contribution in [0, 0.1) is 0 Å². The summed E-state index contributed by atoms with van der Waals surface area (Å²) >= 11 is 0. The molecule has 35 heavy (non-hydrogen) atoms. The molecule has 0 aliphatic rings. The summed E-state index contributed by atoms with van der Waals surface area (Å²) in [5.41, 5.74) is 6.14. The fourth-order valence-corrected chi connectivity index (χ4v) is 3.16. The van der Waals surface area contributed by atoms with E-state index in [4.69, 9.17) is 14.2 Å². The second kappa shape index (κ2) is 11.9. The van der Waals surface area contributed by atoms with E-state index in [0.717, 1.165) is 5.56 Å². The maximum Gasteiger partial charge on any atom is 0.271 e. The minimum Gasteiger partial charge on any atom is -0.493 e. The third-order valence-corrected chi connectivity index (χ3v) is 4.87. The molecule has 3 rings (SSSR count). The Morgan fingerprint density at radius 2 is 1.37 bits per heavy atom. The highest BCUT2D eigenvalue weighted by atomic mass is 16.5. The van der Waals surface area contributed by atoms with Crippen LogP contribution in [-0.2, 0) is 4.79 Å². The standard InChI is InChI=1S/C26H25N3O6/c1-33-21-15-18(16-22(34-2)24(21)35-3)25(31)27-20-12-8-7-11-19(20)26(32)29-28-23(30)14-13-17-9-5-4-6-10-17/h4-16H,1-3H3,(H,27,31)(H,28,30)(H,29,32)/b14-13+. The number of para-hydroxylation sites is 1. The molecule has 0 spiro atoms. The predicted octanol–water partition coefficient (Wildman–Crippen LogP) is 3.44. The van der Waals surface area contributed by atoms with Gasteiger partial charge in [0.05, 0.1) is 32.6 Å². The molecular formula is C26H25N3O6. The van der Waals surface area contributed by atoms with Crippen LogP contribution in [0.2, 0.25) is 0 Å². The van der Waals surface area contributed by atoms with Crippen molar-refractivity contribution in [3.63, 3.8) is 0 Å². The quantitative estimate of drug-likeness (QED) is 0.340. The van der Waals surface area contributed by atoms with E-state index in [1.807, 2.05) is 30.3 Å². The zero-order chi connectivity index (χ0) is 25.2. The van der Waals surface area contributed by atoms with Gasteiger partial charge in [0.25, 0.3) is 17.7 Å². The van der Waals surface area contributed by atoms with Crippen molar-refractivity contribution < 1.29 is 28.6 Å². The minimum atomic E-state index is -0.604. The van der Waals surface area contributed by atoms with Gasteiger partial charge in [-0.15, -0.1) is 0 Å². The Hall–Kier alpha value is -4.79. The van der Waals surface area contributed by atoms with Crippen LogP contribution in [0.3, 0.4) is 0 Å². The summed E-state index contributed by atoms with van der Waals surface area (Å²) < 4.78 is 15.9. The van der Waals surface area contributed by atoms with Gasteiger partial charge < -0.3 is 19.5 Å². The average Bonchev–Trinajstić information content (AvgIpc) is 2.90. The van der Waals surface area contributed by atoms with Gasteiger partial charge >= 0.3 is 0 Å². The monoisotopic (exact) mass is 475 g/mol. The van der Waals surface area contributed by atoms with Crippen molar-refractivity contribution in [2.45, 2.75) is 0 Å². The molecule has 9 heteroatoms. The molecule has 0 aliphatic heterocycles. The number of ether oxygens (including phenoxy) is 3. The molecule has 0 aromatic heterocycles. The van der Waals surface area contributed by atoms with Gasteiger partial charge in [-0.05, 0) is 35.9 Å². The number of hydrogen-bond acceptors (Lipinski definition) is 6. The maximum atomic E-state index is 12.9.